The fraction of sp³-hybridized carbons (Fsp3) is 0.474. The van der Waals surface area contributed by atoms with Gasteiger partial charge in [0.15, 0.2) is 0 Å². The van der Waals surface area contributed by atoms with Crippen molar-refractivity contribution in [2.24, 2.45) is 11.8 Å². The first-order valence-electron chi connectivity index (χ1n) is 8.04. The summed E-state index contributed by atoms with van der Waals surface area (Å²) < 4.78 is 0. The van der Waals surface area contributed by atoms with Crippen molar-refractivity contribution in [3.8, 4) is 11.8 Å². The van der Waals surface area contributed by atoms with Gasteiger partial charge in [-0.1, -0.05) is 43.9 Å². The predicted octanol–water partition coefficient (Wildman–Crippen LogP) is 2.00. The number of hydrogen-bond acceptors (Lipinski definition) is 2. The molecule has 0 saturated carbocycles. The van der Waals surface area contributed by atoms with Crippen molar-refractivity contribution < 1.29 is 9.59 Å². The van der Waals surface area contributed by atoms with Crippen molar-refractivity contribution in [2.75, 3.05) is 26.7 Å². The van der Waals surface area contributed by atoms with Gasteiger partial charge in [0.2, 0.25) is 11.8 Å². The molecule has 1 heterocycles. The molecule has 1 aromatic rings. The first-order valence-corrected chi connectivity index (χ1v) is 8.04. The Balaban J connectivity index is 2.04. The normalized spacial score (nSPS) is 17.1. The fourth-order valence-electron chi connectivity index (χ4n) is 2.72. The number of carbonyl (C=O) groups is 2. The van der Waals surface area contributed by atoms with E-state index in [1.54, 1.807) is 16.8 Å². The SMILES string of the molecule is CC(C)CN(CC#Cc1ccccc1)C(=O)[C@H]1CC(=O)N(C)C1. The number of hydrogen-bond donors (Lipinski definition) is 0. The third-order valence-electron chi connectivity index (χ3n) is 3.86. The van der Waals surface area contributed by atoms with Crippen LogP contribution in [0.1, 0.15) is 25.8 Å². The number of rotatable bonds is 4. The Labute approximate surface area is 138 Å². The topological polar surface area (TPSA) is 40.6 Å². The number of benzene rings is 1. The Morgan fingerprint density at radius 1 is 1.35 bits per heavy atom. The smallest absolute Gasteiger partial charge is 0.228 e. The summed E-state index contributed by atoms with van der Waals surface area (Å²) in [7, 11) is 1.75. The molecule has 1 fully saturated rings. The quantitative estimate of drug-likeness (QED) is 0.798. The zero-order valence-electron chi connectivity index (χ0n) is 14.1. The van der Waals surface area contributed by atoms with E-state index in [1.807, 2.05) is 30.3 Å². The summed E-state index contributed by atoms with van der Waals surface area (Å²) in [4.78, 5) is 27.8. The highest BCUT2D eigenvalue weighted by Gasteiger charge is 2.34. The van der Waals surface area contributed by atoms with Gasteiger partial charge in [0, 0.05) is 32.1 Å². The van der Waals surface area contributed by atoms with Crippen molar-refractivity contribution >= 4 is 11.8 Å². The van der Waals surface area contributed by atoms with Gasteiger partial charge >= 0.3 is 0 Å². The summed E-state index contributed by atoms with van der Waals surface area (Å²) in [6.07, 6.45) is 0.316. The Hall–Kier alpha value is -2.28. The second kappa shape index (κ2) is 7.82. The molecular weight excluding hydrogens is 288 g/mol. The summed E-state index contributed by atoms with van der Waals surface area (Å²) >= 11 is 0. The van der Waals surface area contributed by atoms with Crippen LogP contribution in [0.5, 0.6) is 0 Å². The van der Waals surface area contributed by atoms with Crippen LogP contribution in [0.4, 0.5) is 0 Å². The molecule has 0 unspecified atom stereocenters. The van der Waals surface area contributed by atoms with Gasteiger partial charge in [0.05, 0.1) is 12.5 Å². The molecule has 4 heteroatoms. The minimum atomic E-state index is -0.232. The van der Waals surface area contributed by atoms with Gasteiger partial charge in [-0.2, -0.15) is 0 Å². The molecule has 2 rings (SSSR count). The summed E-state index contributed by atoms with van der Waals surface area (Å²) in [6.45, 7) is 5.74. The Morgan fingerprint density at radius 3 is 2.61 bits per heavy atom. The number of likely N-dealkylation sites (tertiary alicyclic amines) is 1. The van der Waals surface area contributed by atoms with Crippen LogP contribution >= 0.6 is 0 Å². The molecule has 0 aromatic heterocycles. The highest BCUT2D eigenvalue weighted by atomic mass is 16.2. The second-order valence-electron chi connectivity index (χ2n) is 6.46. The van der Waals surface area contributed by atoms with Gasteiger partial charge in [0.1, 0.15) is 0 Å². The molecule has 2 amide bonds. The summed E-state index contributed by atoms with van der Waals surface area (Å²) in [5.74, 6) is 6.40. The van der Waals surface area contributed by atoms with Crippen molar-refractivity contribution in [1.29, 1.82) is 0 Å². The van der Waals surface area contributed by atoms with E-state index in [0.717, 1.165) is 5.56 Å². The molecule has 0 spiro atoms. The van der Waals surface area contributed by atoms with Crippen LogP contribution in [0, 0.1) is 23.7 Å². The van der Waals surface area contributed by atoms with Gasteiger partial charge in [-0.3, -0.25) is 9.59 Å². The largest absolute Gasteiger partial charge is 0.345 e. The Kier molecular flexibility index (Phi) is 5.81. The Morgan fingerprint density at radius 2 is 2.04 bits per heavy atom. The van der Waals surface area contributed by atoms with Gasteiger partial charge < -0.3 is 9.80 Å². The van der Waals surface area contributed by atoms with Gasteiger partial charge in [0.25, 0.3) is 0 Å². The lowest BCUT2D eigenvalue weighted by Gasteiger charge is -2.25. The second-order valence-corrected chi connectivity index (χ2v) is 6.46. The molecule has 0 radical (unpaired) electrons. The zero-order chi connectivity index (χ0) is 16.8. The van der Waals surface area contributed by atoms with E-state index in [-0.39, 0.29) is 17.7 Å². The molecular formula is C19H24N2O2. The van der Waals surface area contributed by atoms with E-state index in [2.05, 4.69) is 25.7 Å². The first-order chi connectivity index (χ1) is 11.0. The average molecular weight is 312 g/mol. The maximum Gasteiger partial charge on any atom is 0.228 e. The zero-order valence-corrected chi connectivity index (χ0v) is 14.1. The molecule has 1 saturated heterocycles. The van der Waals surface area contributed by atoms with E-state index >= 15 is 0 Å². The summed E-state index contributed by atoms with van der Waals surface area (Å²) in [5, 5.41) is 0. The lowest BCUT2D eigenvalue weighted by atomic mass is 10.1. The van der Waals surface area contributed by atoms with E-state index < -0.39 is 0 Å². The number of nitrogens with zero attached hydrogens (tertiary/aromatic N) is 2. The number of carbonyl (C=O) groups excluding carboxylic acids is 2. The first kappa shape index (κ1) is 17.1. The van der Waals surface area contributed by atoms with Crippen LogP contribution in [0.2, 0.25) is 0 Å². The van der Waals surface area contributed by atoms with Crippen LogP contribution in [0.15, 0.2) is 30.3 Å². The van der Waals surface area contributed by atoms with E-state index in [0.29, 0.717) is 32.0 Å². The van der Waals surface area contributed by atoms with Crippen LogP contribution in [0.3, 0.4) is 0 Å². The molecule has 23 heavy (non-hydrogen) atoms. The molecule has 0 bridgehead atoms. The van der Waals surface area contributed by atoms with Crippen LogP contribution in [-0.4, -0.2) is 48.3 Å². The fourth-order valence-corrected chi connectivity index (χ4v) is 2.72. The molecule has 4 nitrogen and oxygen atoms in total. The van der Waals surface area contributed by atoms with E-state index in [4.69, 9.17) is 0 Å². The molecule has 0 aliphatic carbocycles. The molecule has 1 aromatic carbocycles. The molecule has 1 aliphatic heterocycles. The predicted molar refractivity (Wildman–Crippen MR) is 90.5 cm³/mol. The molecule has 122 valence electrons. The van der Waals surface area contributed by atoms with Crippen LogP contribution in [-0.2, 0) is 9.59 Å². The van der Waals surface area contributed by atoms with E-state index in [9.17, 15) is 9.59 Å². The highest BCUT2D eigenvalue weighted by molar-refractivity contribution is 5.89. The minimum absolute atomic E-state index is 0.0405. The van der Waals surface area contributed by atoms with Gasteiger partial charge in [-0.05, 0) is 18.1 Å². The standard InChI is InChI=1S/C19H24N2O2/c1-15(2)13-21(11-7-10-16-8-5-4-6-9-16)19(23)17-12-18(22)20(3)14-17/h4-6,8-9,15,17H,11-14H2,1-3H3/t17-/m0/s1. The number of amides is 2. The van der Waals surface area contributed by atoms with Crippen molar-refractivity contribution in [3.63, 3.8) is 0 Å². The van der Waals surface area contributed by atoms with Gasteiger partial charge in [-0.25, -0.2) is 0 Å². The van der Waals surface area contributed by atoms with E-state index in [1.165, 1.54) is 0 Å². The third kappa shape index (κ3) is 4.85. The summed E-state index contributed by atoms with van der Waals surface area (Å²) in [6, 6.07) is 9.74. The van der Waals surface area contributed by atoms with Crippen LogP contribution < -0.4 is 0 Å². The Bertz CT molecular complexity index is 613. The van der Waals surface area contributed by atoms with Crippen molar-refractivity contribution in [3.05, 3.63) is 35.9 Å². The lowest BCUT2D eigenvalue weighted by Crippen LogP contribution is -2.39. The average Bonchev–Trinajstić information content (AvgIpc) is 2.86. The highest BCUT2D eigenvalue weighted by Crippen LogP contribution is 2.19. The van der Waals surface area contributed by atoms with Crippen LogP contribution in [0.25, 0.3) is 0 Å². The van der Waals surface area contributed by atoms with Gasteiger partial charge in [-0.15, -0.1) is 0 Å². The third-order valence-corrected chi connectivity index (χ3v) is 3.86. The molecule has 1 aliphatic rings. The monoisotopic (exact) mass is 312 g/mol. The van der Waals surface area contributed by atoms with Crippen molar-refractivity contribution in [2.45, 2.75) is 20.3 Å². The summed E-state index contributed by atoms with van der Waals surface area (Å²) in [5.41, 5.74) is 0.945. The lowest BCUT2D eigenvalue weighted by molar-refractivity contribution is -0.135. The maximum atomic E-state index is 12.7. The maximum absolute atomic E-state index is 12.7. The molecule has 1 atom stereocenters. The minimum Gasteiger partial charge on any atom is -0.345 e. The van der Waals surface area contributed by atoms with Crippen molar-refractivity contribution in [1.82, 2.24) is 9.80 Å². The molecule has 0 N–H and O–H groups in total.